The van der Waals surface area contributed by atoms with Gasteiger partial charge in [-0.3, -0.25) is 4.98 Å². The summed E-state index contributed by atoms with van der Waals surface area (Å²) in [6, 6.07) is 18.2. The minimum atomic E-state index is 0.773. The zero-order valence-corrected chi connectivity index (χ0v) is 11.3. The highest BCUT2D eigenvalue weighted by atomic mass is 16.5. The fraction of sp³-hybridized carbons (Fsp3) is 0.118. The maximum Gasteiger partial charge on any atom is 0.119 e. The zero-order chi connectivity index (χ0) is 13.8. The molecule has 0 saturated carbocycles. The number of benzene rings is 2. The molecule has 100 valence electrons. The van der Waals surface area contributed by atoms with Gasteiger partial charge in [0.1, 0.15) is 5.75 Å². The molecular formula is C17H16N2O. The Morgan fingerprint density at radius 3 is 2.60 bits per heavy atom. The molecule has 3 aromatic rings. The molecule has 3 heteroatoms. The Morgan fingerprint density at radius 2 is 1.80 bits per heavy atom. The van der Waals surface area contributed by atoms with E-state index in [9.17, 15) is 0 Å². The van der Waals surface area contributed by atoms with Gasteiger partial charge in [0, 0.05) is 23.8 Å². The first-order valence-electron chi connectivity index (χ1n) is 6.57. The van der Waals surface area contributed by atoms with E-state index in [0.717, 1.165) is 23.5 Å². The zero-order valence-electron chi connectivity index (χ0n) is 11.3. The average molecular weight is 264 g/mol. The Morgan fingerprint density at radius 1 is 1.00 bits per heavy atom. The Hall–Kier alpha value is -2.55. The van der Waals surface area contributed by atoms with Crippen LogP contribution in [-0.4, -0.2) is 12.1 Å². The van der Waals surface area contributed by atoms with Crippen molar-refractivity contribution in [1.29, 1.82) is 0 Å². The maximum atomic E-state index is 5.15. The van der Waals surface area contributed by atoms with E-state index in [-0.39, 0.29) is 0 Å². The Kier molecular flexibility index (Phi) is 3.50. The van der Waals surface area contributed by atoms with Gasteiger partial charge >= 0.3 is 0 Å². The Bertz CT molecular complexity index is 702. The van der Waals surface area contributed by atoms with E-state index in [1.165, 1.54) is 10.9 Å². The lowest BCUT2D eigenvalue weighted by Crippen LogP contribution is -2.00. The van der Waals surface area contributed by atoms with Crippen LogP contribution in [0, 0.1) is 0 Å². The number of nitrogens with zero attached hydrogens (tertiary/aromatic N) is 1. The molecule has 0 aliphatic rings. The fourth-order valence-electron chi connectivity index (χ4n) is 2.22. The molecular weight excluding hydrogens is 248 g/mol. The van der Waals surface area contributed by atoms with Gasteiger partial charge in [-0.2, -0.15) is 0 Å². The van der Waals surface area contributed by atoms with Crippen LogP contribution >= 0.6 is 0 Å². The fourth-order valence-corrected chi connectivity index (χ4v) is 2.22. The third-order valence-electron chi connectivity index (χ3n) is 3.31. The van der Waals surface area contributed by atoms with Gasteiger partial charge in [-0.15, -0.1) is 0 Å². The van der Waals surface area contributed by atoms with Gasteiger partial charge < -0.3 is 10.1 Å². The van der Waals surface area contributed by atoms with Gasteiger partial charge in [-0.1, -0.05) is 18.2 Å². The molecule has 0 spiro atoms. The normalized spacial score (nSPS) is 10.4. The molecule has 2 aromatic carbocycles. The highest BCUT2D eigenvalue weighted by Gasteiger charge is 2.01. The summed E-state index contributed by atoms with van der Waals surface area (Å²) >= 11 is 0. The molecule has 3 nitrogen and oxygen atoms in total. The van der Waals surface area contributed by atoms with Gasteiger partial charge in [-0.05, 0) is 42.0 Å². The molecule has 1 N–H and O–H groups in total. The summed E-state index contributed by atoms with van der Waals surface area (Å²) in [5, 5.41) is 4.61. The van der Waals surface area contributed by atoms with Gasteiger partial charge in [0.05, 0.1) is 12.6 Å². The van der Waals surface area contributed by atoms with E-state index in [0.29, 0.717) is 0 Å². The van der Waals surface area contributed by atoms with E-state index in [1.54, 1.807) is 7.11 Å². The lowest BCUT2D eigenvalue weighted by Gasteiger charge is -2.09. The lowest BCUT2D eigenvalue weighted by atomic mass is 10.1. The maximum absolute atomic E-state index is 5.15. The quantitative estimate of drug-likeness (QED) is 0.777. The second kappa shape index (κ2) is 5.61. The number of fused-ring (bicyclic) bond motifs is 1. The van der Waals surface area contributed by atoms with Crippen molar-refractivity contribution in [2.75, 3.05) is 12.4 Å². The Balaban J connectivity index is 1.79. The molecule has 0 fully saturated rings. The van der Waals surface area contributed by atoms with Crippen molar-refractivity contribution < 1.29 is 4.74 Å². The van der Waals surface area contributed by atoms with Crippen molar-refractivity contribution in [2.45, 2.75) is 6.54 Å². The molecule has 20 heavy (non-hydrogen) atoms. The number of pyridine rings is 1. The number of aromatic nitrogens is 1. The number of para-hydroxylation sites is 1. The third-order valence-corrected chi connectivity index (χ3v) is 3.31. The summed E-state index contributed by atoms with van der Waals surface area (Å²) < 4.78 is 5.15. The molecule has 0 atom stereocenters. The van der Waals surface area contributed by atoms with Crippen LogP contribution in [0.5, 0.6) is 5.75 Å². The SMILES string of the molecule is COc1ccc(NCc2ccnc3ccccc23)cc1. The second-order valence-electron chi connectivity index (χ2n) is 4.57. The summed E-state index contributed by atoms with van der Waals surface area (Å²) in [4.78, 5) is 4.38. The molecule has 1 heterocycles. The van der Waals surface area contributed by atoms with Crippen LogP contribution in [0.25, 0.3) is 10.9 Å². The van der Waals surface area contributed by atoms with E-state index in [4.69, 9.17) is 4.74 Å². The number of nitrogens with one attached hydrogen (secondary N) is 1. The highest BCUT2D eigenvalue weighted by Crippen LogP contribution is 2.19. The molecule has 0 amide bonds. The van der Waals surface area contributed by atoms with Crippen LogP contribution < -0.4 is 10.1 Å². The van der Waals surface area contributed by atoms with E-state index in [2.05, 4.69) is 22.4 Å². The Labute approximate surface area is 118 Å². The van der Waals surface area contributed by atoms with E-state index >= 15 is 0 Å². The van der Waals surface area contributed by atoms with Crippen molar-refractivity contribution in [3.63, 3.8) is 0 Å². The molecule has 3 rings (SSSR count). The number of hydrogen-bond donors (Lipinski definition) is 1. The van der Waals surface area contributed by atoms with Crippen LogP contribution in [0.2, 0.25) is 0 Å². The first-order chi connectivity index (χ1) is 9.86. The van der Waals surface area contributed by atoms with Crippen LogP contribution in [-0.2, 0) is 6.54 Å². The molecule has 0 aliphatic carbocycles. The van der Waals surface area contributed by atoms with Gasteiger partial charge in [-0.25, -0.2) is 0 Å². The van der Waals surface area contributed by atoms with Gasteiger partial charge in [0.25, 0.3) is 0 Å². The lowest BCUT2D eigenvalue weighted by molar-refractivity contribution is 0.415. The summed E-state index contributed by atoms with van der Waals surface area (Å²) in [6.45, 7) is 0.773. The largest absolute Gasteiger partial charge is 0.497 e. The number of rotatable bonds is 4. The number of hydrogen-bond acceptors (Lipinski definition) is 3. The topological polar surface area (TPSA) is 34.1 Å². The van der Waals surface area contributed by atoms with Crippen molar-refractivity contribution in [2.24, 2.45) is 0 Å². The molecule has 0 aliphatic heterocycles. The van der Waals surface area contributed by atoms with Crippen molar-refractivity contribution in [1.82, 2.24) is 4.98 Å². The molecule has 0 saturated heterocycles. The summed E-state index contributed by atoms with van der Waals surface area (Å²) in [6.07, 6.45) is 1.85. The number of ether oxygens (including phenoxy) is 1. The van der Waals surface area contributed by atoms with Crippen molar-refractivity contribution in [3.05, 3.63) is 66.4 Å². The van der Waals surface area contributed by atoms with Gasteiger partial charge in [0.2, 0.25) is 0 Å². The molecule has 0 unspecified atom stereocenters. The number of methoxy groups -OCH3 is 1. The van der Waals surface area contributed by atoms with E-state index in [1.807, 2.05) is 48.7 Å². The van der Waals surface area contributed by atoms with Crippen LogP contribution in [0.15, 0.2) is 60.8 Å². The average Bonchev–Trinajstić information content (AvgIpc) is 2.53. The minimum absolute atomic E-state index is 0.773. The van der Waals surface area contributed by atoms with Gasteiger partial charge in [0.15, 0.2) is 0 Å². The summed E-state index contributed by atoms with van der Waals surface area (Å²) in [5.74, 6) is 0.866. The molecule has 1 aromatic heterocycles. The van der Waals surface area contributed by atoms with Crippen molar-refractivity contribution in [3.8, 4) is 5.75 Å². The first-order valence-corrected chi connectivity index (χ1v) is 6.57. The number of anilines is 1. The third kappa shape index (κ3) is 2.57. The van der Waals surface area contributed by atoms with Crippen LogP contribution in [0.3, 0.4) is 0 Å². The summed E-state index contributed by atoms with van der Waals surface area (Å²) in [7, 11) is 1.67. The summed E-state index contributed by atoms with van der Waals surface area (Å²) in [5.41, 5.74) is 3.35. The second-order valence-corrected chi connectivity index (χ2v) is 4.57. The van der Waals surface area contributed by atoms with Crippen molar-refractivity contribution >= 4 is 16.6 Å². The molecule has 0 radical (unpaired) electrons. The van der Waals surface area contributed by atoms with Crippen LogP contribution in [0.1, 0.15) is 5.56 Å². The monoisotopic (exact) mass is 264 g/mol. The molecule has 0 bridgehead atoms. The van der Waals surface area contributed by atoms with E-state index < -0.39 is 0 Å². The minimum Gasteiger partial charge on any atom is -0.497 e. The predicted molar refractivity (Wildman–Crippen MR) is 82.1 cm³/mol. The standard InChI is InChI=1S/C17H16N2O/c1-20-15-8-6-14(7-9-15)19-12-13-10-11-18-17-5-3-2-4-16(13)17/h2-11,19H,12H2,1H3. The van der Waals surface area contributed by atoms with Crippen LogP contribution in [0.4, 0.5) is 5.69 Å². The predicted octanol–water partition coefficient (Wildman–Crippen LogP) is 3.86. The smallest absolute Gasteiger partial charge is 0.119 e. The first kappa shape index (κ1) is 12.5. The highest BCUT2D eigenvalue weighted by molar-refractivity contribution is 5.82.